The summed E-state index contributed by atoms with van der Waals surface area (Å²) >= 11 is 0. The Kier molecular flexibility index (Phi) is 6.20. The lowest BCUT2D eigenvalue weighted by atomic mass is 9.96. The first kappa shape index (κ1) is 18.6. The third-order valence-corrected chi connectivity index (χ3v) is 6.22. The number of piperidine rings is 1. The fourth-order valence-electron chi connectivity index (χ4n) is 4.63. The van der Waals surface area contributed by atoms with Crippen LogP contribution in [0.25, 0.3) is 0 Å². The molecule has 1 aromatic carbocycles. The van der Waals surface area contributed by atoms with E-state index in [-0.39, 0.29) is 0 Å². The van der Waals surface area contributed by atoms with E-state index >= 15 is 0 Å². The number of likely N-dealkylation sites (tertiary alicyclic amines) is 2. The van der Waals surface area contributed by atoms with Crippen LogP contribution in [0.1, 0.15) is 55.2 Å². The zero-order chi connectivity index (χ0) is 18.5. The number of hydrogen-bond donors (Lipinski definition) is 0. The van der Waals surface area contributed by atoms with Crippen molar-refractivity contribution in [1.82, 2.24) is 24.6 Å². The van der Waals surface area contributed by atoms with Crippen molar-refractivity contribution in [3.8, 4) is 0 Å². The zero-order valence-electron chi connectivity index (χ0n) is 16.7. The molecule has 1 atom stereocenters. The van der Waals surface area contributed by atoms with E-state index < -0.39 is 0 Å². The van der Waals surface area contributed by atoms with Gasteiger partial charge in [0.1, 0.15) is 11.6 Å². The highest BCUT2D eigenvalue weighted by molar-refractivity contribution is 5.14. The summed E-state index contributed by atoms with van der Waals surface area (Å²) in [6.07, 6.45) is 7.56. The molecule has 3 heterocycles. The predicted octanol–water partition coefficient (Wildman–Crippen LogP) is 3.22. The van der Waals surface area contributed by atoms with Crippen LogP contribution >= 0.6 is 0 Å². The molecule has 0 unspecified atom stereocenters. The van der Waals surface area contributed by atoms with E-state index in [1.807, 2.05) is 0 Å². The Balaban J connectivity index is 1.30. The molecule has 0 radical (unpaired) electrons. The average molecular weight is 368 g/mol. The summed E-state index contributed by atoms with van der Waals surface area (Å²) in [6, 6.07) is 10.8. The molecule has 2 fully saturated rings. The smallest absolute Gasteiger partial charge is 0.146 e. The maximum atomic E-state index is 4.60. The standard InChI is InChI=1S/C22H33N5/c1-25-21(18-27-13-5-6-14-27)23-24-22(25)20-12-8-16-26(17-20)15-7-11-19-9-3-2-4-10-19/h2-4,9-10,20H,5-8,11-18H2,1H3/t20-/m0/s1. The Morgan fingerprint density at radius 1 is 0.963 bits per heavy atom. The van der Waals surface area contributed by atoms with E-state index in [2.05, 4.69) is 61.9 Å². The van der Waals surface area contributed by atoms with Gasteiger partial charge in [0.15, 0.2) is 0 Å². The average Bonchev–Trinajstić information content (AvgIpc) is 3.34. The summed E-state index contributed by atoms with van der Waals surface area (Å²) in [5.74, 6) is 2.85. The molecule has 27 heavy (non-hydrogen) atoms. The Bertz CT molecular complexity index is 705. The molecule has 0 bridgehead atoms. The lowest BCUT2D eigenvalue weighted by Crippen LogP contribution is -2.36. The second-order valence-corrected chi connectivity index (χ2v) is 8.25. The minimum absolute atomic E-state index is 0.528. The normalized spacial score (nSPS) is 21.7. The van der Waals surface area contributed by atoms with Gasteiger partial charge in [-0.25, -0.2) is 0 Å². The van der Waals surface area contributed by atoms with Gasteiger partial charge in [-0.2, -0.15) is 0 Å². The summed E-state index contributed by atoms with van der Waals surface area (Å²) in [7, 11) is 2.16. The fourth-order valence-corrected chi connectivity index (χ4v) is 4.63. The first-order chi connectivity index (χ1) is 13.3. The van der Waals surface area contributed by atoms with Gasteiger partial charge in [0.05, 0.1) is 6.54 Å². The lowest BCUT2D eigenvalue weighted by molar-refractivity contribution is 0.200. The van der Waals surface area contributed by atoms with Crippen LogP contribution in [0.15, 0.2) is 30.3 Å². The number of rotatable bonds is 7. The number of hydrogen-bond acceptors (Lipinski definition) is 4. The fraction of sp³-hybridized carbons (Fsp3) is 0.636. The van der Waals surface area contributed by atoms with E-state index in [9.17, 15) is 0 Å². The summed E-state index contributed by atoms with van der Waals surface area (Å²) in [5.41, 5.74) is 1.45. The molecule has 5 heteroatoms. The number of nitrogens with zero attached hydrogens (tertiary/aromatic N) is 5. The minimum Gasteiger partial charge on any atom is -0.317 e. The highest BCUT2D eigenvalue weighted by atomic mass is 15.3. The van der Waals surface area contributed by atoms with Gasteiger partial charge in [-0.1, -0.05) is 30.3 Å². The van der Waals surface area contributed by atoms with Gasteiger partial charge in [-0.15, -0.1) is 10.2 Å². The second-order valence-electron chi connectivity index (χ2n) is 8.25. The van der Waals surface area contributed by atoms with Crippen molar-refractivity contribution in [3.63, 3.8) is 0 Å². The van der Waals surface area contributed by atoms with E-state index in [4.69, 9.17) is 0 Å². The van der Waals surface area contributed by atoms with Crippen molar-refractivity contribution in [2.75, 3.05) is 32.7 Å². The molecule has 2 aliphatic rings. The minimum atomic E-state index is 0.528. The molecule has 4 rings (SSSR count). The van der Waals surface area contributed by atoms with Crippen LogP contribution in [-0.4, -0.2) is 57.3 Å². The van der Waals surface area contributed by atoms with Crippen LogP contribution in [0.5, 0.6) is 0 Å². The van der Waals surface area contributed by atoms with Crippen molar-refractivity contribution in [3.05, 3.63) is 47.5 Å². The highest BCUT2D eigenvalue weighted by Crippen LogP contribution is 2.26. The molecular formula is C22H33N5. The predicted molar refractivity (Wildman–Crippen MR) is 109 cm³/mol. The van der Waals surface area contributed by atoms with E-state index in [0.717, 1.165) is 18.9 Å². The lowest BCUT2D eigenvalue weighted by Gasteiger charge is -2.32. The Labute approximate surface area is 163 Å². The SMILES string of the molecule is Cn1c(CN2CCCC2)nnc1[C@H]1CCCN(CCCc2ccccc2)C1. The molecule has 2 saturated heterocycles. The maximum Gasteiger partial charge on any atom is 0.146 e. The summed E-state index contributed by atoms with van der Waals surface area (Å²) in [4.78, 5) is 5.14. The molecule has 0 aliphatic carbocycles. The van der Waals surface area contributed by atoms with E-state index in [1.54, 1.807) is 0 Å². The molecule has 0 amide bonds. The summed E-state index contributed by atoms with van der Waals surface area (Å²) < 4.78 is 2.27. The van der Waals surface area contributed by atoms with E-state index in [0.29, 0.717) is 5.92 Å². The second kappa shape index (κ2) is 8.98. The zero-order valence-corrected chi connectivity index (χ0v) is 16.7. The molecule has 0 saturated carbocycles. The summed E-state index contributed by atoms with van der Waals surface area (Å²) in [6.45, 7) is 6.91. The monoisotopic (exact) mass is 367 g/mol. The van der Waals surface area contributed by atoms with Crippen LogP contribution in [-0.2, 0) is 20.0 Å². The molecule has 2 aliphatic heterocycles. The van der Waals surface area contributed by atoms with Gasteiger partial charge in [0.25, 0.3) is 0 Å². The molecule has 0 N–H and O–H groups in total. The van der Waals surface area contributed by atoms with Gasteiger partial charge in [0.2, 0.25) is 0 Å². The molecule has 1 aromatic heterocycles. The van der Waals surface area contributed by atoms with Crippen molar-refractivity contribution >= 4 is 0 Å². The Morgan fingerprint density at radius 3 is 2.56 bits per heavy atom. The van der Waals surface area contributed by atoms with Gasteiger partial charge in [-0.3, -0.25) is 4.90 Å². The Hall–Kier alpha value is -1.72. The quantitative estimate of drug-likeness (QED) is 0.753. The topological polar surface area (TPSA) is 37.2 Å². The third kappa shape index (κ3) is 4.77. The van der Waals surface area contributed by atoms with Crippen molar-refractivity contribution < 1.29 is 0 Å². The van der Waals surface area contributed by atoms with Crippen LogP contribution in [0.4, 0.5) is 0 Å². The van der Waals surface area contributed by atoms with Crippen molar-refractivity contribution in [2.45, 2.75) is 51.0 Å². The molecule has 146 valence electrons. The number of aromatic nitrogens is 3. The molecular weight excluding hydrogens is 334 g/mol. The van der Waals surface area contributed by atoms with Gasteiger partial charge in [-0.05, 0) is 70.3 Å². The number of benzene rings is 1. The van der Waals surface area contributed by atoms with Gasteiger partial charge < -0.3 is 9.47 Å². The van der Waals surface area contributed by atoms with Crippen LogP contribution < -0.4 is 0 Å². The molecule has 2 aromatic rings. The first-order valence-electron chi connectivity index (χ1n) is 10.7. The van der Waals surface area contributed by atoms with Gasteiger partial charge in [0, 0.05) is 19.5 Å². The maximum absolute atomic E-state index is 4.60. The largest absolute Gasteiger partial charge is 0.317 e. The molecule has 0 spiro atoms. The van der Waals surface area contributed by atoms with Crippen molar-refractivity contribution in [1.29, 1.82) is 0 Å². The Morgan fingerprint density at radius 2 is 1.74 bits per heavy atom. The van der Waals surface area contributed by atoms with Gasteiger partial charge >= 0.3 is 0 Å². The first-order valence-corrected chi connectivity index (χ1v) is 10.7. The molecule has 5 nitrogen and oxygen atoms in total. The number of aryl methyl sites for hydroxylation is 1. The van der Waals surface area contributed by atoms with E-state index in [1.165, 1.54) is 76.1 Å². The van der Waals surface area contributed by atoms with Crippen LogP contribution in [0, 0.1) is 0 Å². The third-order valence-electron chi connectivity index (χ3n) is 6.22. The van der Waals surface area contributed by atoms with Crippen molar-refractivity contribution in [2.24, 2.45) is 7.05 Å². The van der Waals surface area contributed by atoms with Crippen LogP contribution in [0.2, 0.25) is 0 Å². The highest BCUT2D eigenvalue weighted by Gasteiger charge is 2.26. The summed E-state index contributed by atoms with van der Waals surface area (Å²) in [5, 5.41) is 9.14. The van der Waals surface area contributed by atoms with Crippen LogP contribution in [0.3, 0.4) is 0 Å².